The van der Waals surface area contributed by atoms with Gasteiger partial charge in [-0.15, -0.1) is 0 Å². The number of hydrogen-bond acceptors (Lipinski definition) is 4. The van der Waals surface area contributed by atoms with Gasteiger partial charge in [0.1, 0.15) is 12.4 Å². The zero-order valence-electron chi connectivity index (χ0n) is 10.6. The normalized spacial score (nSPS) is 10.3. The average molecular weight is 337 g/mol. The highest BCUT2D eigenvalue weighted by molar-refractivity contribution is 9.10. The van der Waals surface area contributed by atoms with Crippen LogP contribution in [0.5, 0.6) is 5.75 Å². The molecule has 0 spiro atoms. The monoisotopic (exact) mass is 336 g/mol. The van der Waals surface area contributed by atoms with Gasteiger partial charge in [-0.1, -0.05) is 28.1 Å². The molecule has 2 N–H and O–H groups in total. The van der Waals surface area contributed by atoms with E-state index in [9.17, 15) is 10.1 Å². The second-order valence-electron chi connectivity index (χ2n) is 4.17. The van der Waals surface area contributed by atoms with E-state index < -0.39 is 4.92 Å². The number of halogens is 1. The van der Waals surface area contributed by atoms with Crippen LogP contribution in [0.1, 0.15) is 11.1 Å². The lowest BCUT2D eigenvalue weighted by molar-refractivity contribution is -0.384. The Balaban J connectivity index is 2.12. The zero-order valence-corrected chi connectivity index (χ0v) is 12.2. The lowest BCUT2D eigenvalue weighted by Crippen LogP contribution is -2.03. The fraction of sp³-hybridized carbons (Fsp3) is 0.143. The standard InChI is InChI=1S/C14H13BrN2O3/c15-12-4-5-14(11(7-12)8-16)20-9-10-2-1-3-13(6-10)17(18)19/h1-7H,8-9,16H2. The lowest BCUT2D eigenvalue weighted by atomic mass is 10.2. The predicted octanol–water partition coefficient (Wildman–Crippen LogP) is 3.40. The first-order valence-corrected chi connectivity index (χ1v) is 6.74. The van der Waals surface area contributed by atoms with Gasteiger partial charge < -0.3 is 10.5 Å². The maximum atomic E-state index is 10.7. The van der Waals surface area contributed by atoms with Gasteiger partial charge in [0.15, 0.2) is 0 Å². The van der Waals surface area contributed by atoms with Crippen LogP contribution in [0.15, 0.2) is 46.9 Å². The number of benzene rings is 2. The molecule has 2 aromatic carbocycles. The molecule has 0 aliphatic carbocycles. The maximum absolute atomic E-state index is 10.7. The van der Waals surface area contributed by atoms with Crippen molar-refractivity contribution in [1.29, 1.82) is 0 Å². The summed E-state index contributed by atoms with van der Waals surface area (Å²) in [6, 6.07) is 12.0. The van der Waals surface area contributed by atoms with Gasteiger partial charge in [0.05, 0.1) is 4.92 Å². The van der Waals surface area contributed by atoms with Crippen LogP contribution in [0.3, 0.4) is 0 Å². The summed E-state index contributed by atoms with van der Waals surface area (Å²) in [5, 5.41) is 10.7. The molecule has 6 heteroatoms. The van der Waals surface area contributed by atoms with E-state index in [1.54, 1.807) is 12.1 Å². The van der Waals surface area contributed by atoms with E-state index >= 15 is 0 Å². The Kier molecular flexibility index (Phi) is 4.70. The van der Waals surface area contributed by atoms with Crippen LogP contribution >= 0.6 is 15.9 Å². The fourth-order valence-corrected chi connectivity index (χ4v) is 2.18. The molecule has 104 valence electrons. The van der Waals surface area contributed by atoms with Gasteiger partial charge in [0, 0.05) is 28.7 Å². The third kappa shape index (κ3) is 3.55. The number of rotatable bonds is 5. The number of nitro groups is 1. The van der Waals surface area contributed by atoms with Crippen LogP contribution in [0, 0.1) is 10.1 Å². The van der Waals surface area contributed by atoms with Gasteiger partial charge in [-0.3, -0.25) is 10.1 Å². The molecule has 2 aromatic rings. The summed E-state index contributed by atoms with van der Waals surface area (Å²) < 4.78 is 6.61. The molecule has 5 nitrogen and oxygen atoms in total. The highest BCUT2D eigenvalue weighted by Gasteiger charge is 2.07. The van der Waals surface area contributed by atoms with Crippen LogP contribution in [0.4, 0.5) is 5.69 Å². The molecule has 0 bridgehead atoms. The number of nitro benzene ring substituents is 1. The molecule has 0 aliphatic rings. The number of non-ortho nitro benzene ring substituents is 1. The molecule has 0 aliphatic heterocycles. The van der Waals surface area contributed by atoms with Crippen molar-refractivity contribution in [1.82, 2.24) is 0 Å². The molecule has 0 amide bonds. The Hall–Kier alpha value is -1.92. The molecule has 0 fully saturated rings. The predicted molar refractivity (Wildman–Crippen MR) is 79.5 cm³/mol. The van der Waals surface area contributed by atoms with E-state index in [0.717, 1.165) is 15.6 Å². The Morgan fingerprint density at radius 1 is 1.25 bits per heavy atom. The first-order valence-electron chi connectivity index (χ1n) is 5.95. The molecule has 2 rings (SSSR count). The molecule has 0 atom stereocenters. The van der Waals surface area contributed by atoms with E-state index in [0.29, 0.717) is 12.3 Å². The van der Waals surface area contributed by atoms with Crippen molar-refractivity contribution in [3.05, 3.63) is 68.2 Å². The second-order valence-corrected chi connectivity index (χ2v) is 5.09. The van der Waals surface area contributed by atoms with Crippen molar-refractivity contribution in [2.75, 3.05) is 0 Å². The van der Waals surface area contributed by atoms with Crippen molar-refractivity contribution in [2.24, 2.45) is 5.73 Å². The van der Waals surface area contributed by atoms with Crippen LogP contribution < -0.4 is 10.5 Å². The van der Waals surface area contributed by atoms with Crippen LogP contribution in [0.25, 0.3) is 0 Å². The maximum Gasteiger partial charge on any atom is 0.269 e. The Morgan fingerprint density at radius 3 is 2.75 bits per heavy atom. The summed E-state index contributed by atoms with van der Waals surface area (Å²) in [7, 11) is 0. The van der Waals surface area contributed by atoms with Crippen molar-refractivity contribution >= 4 is 21.6 Å². The van der Waals surface area contributed by atoms with Gasteiger partial charge >= 0.3 is 0 Å². The van der Waals surface area contributed by atoms with Gasteiger partial charge in [0.2, 0.25) is 0 Å². The van der Waals surface area contributed by atoms with Crippen molar-refractivity contribution in [3.8, 4) is 5.75 Å². The number of nitrogens with two attached hydrogens (primary N) is 1. The topological polar surface area (TPSA) is 78.4 Å². The summed E-state index contributed by atoms with van der Waals surface area (Å²) in [6.07, 6.45) is 0. The fourth-order valence-electron chi connectivity index (χ4n) is 1.77. The number of ether oxygens (including phenoxy) is 1. The molecule has 0 saturated carbocycles. The Labute approximate surface area is 124 Å². The summed E-state index contributed by atoms with van der Waals surface area (Å²) in [4.78, 5) is 10.3. The van der Waals surface area contributed by atoms with E-state index in [1.807, 2.05) is 18.2 Å². The third-order valence-electron chi connectivity index (χ3n) is 2.76. The first kappa shape index (κ1) is 14.5. The summed E-state index contributed by atoms with van der Waals surface area (Å²) >= 11 is 3.37. The van der Waals surface area contributed by atoms with E-state index in [1.165, 1.54) is 12.1 Å². The molecular weight excluding hydrogens is 324 g/mol. The molecule has 0 radical (unpaired) electrons. The second kappa shape index (κ2) is 6.49. The van der Waals surface area contributed by atoms with E-state index in [4.69, 9.17) is 10.5 Å². The van der Waals surface area contributed by atoms with Crippen LogP contribution in [-0.2, 0) is 13.2 Å². The highest BCUT2D eigenvalue weighted by atomic mass is 79.9. The Bertz CT molecular complexity index is 632. The number of nitrogens with zero attached hydrogens (tertiary/aromatic N) is 1. The van der Waals surface area contributed by atoms with Gasteiger partial charge in [-0.05, 0) is 23.8 Å². The molecule has 20 heavy (non-hydrogen) atoms. The zero-order chi connectivity index (χ0) is 14.5. The van der Waals surface area contributed by atoms with Crippen molar-refractivity contribution in [2.45, 2.75) is 13.2 Å². The van der Waals surface area contributed by atoms with Crippen molar-refractivity contribution < 1.29 is 9.66 Å². The third-order valence-corrected chi connectivity index (χ3v) is 3.25. The summed E-state index contributed by atoms with van der Waals surface area (Å²) in [5.41, 5.74) is 7.34. The average Bonchev–Trinajstić information content (AvgIpc) is 2.46. The van der Waals surface area contributed by atoms with Crippen LogP contribution in [0.2, 0.25) is 0 Å². The minimum atomic E-state index is -0.422. The first-order chi connectivity index (χ1) is 9.60. The van der Waals surface area contributed by atoms with Gasteiger partial charge in [0.25, 0.3) is 5.69 Å². The Morgan fingerprint density at radius 2 is 2.05 bits per heavy atom. The smallest absolute Gasteiger partial charge is 0.269 e. The largest absolute Gasteiger partial charge is 0.489 e. The molecule has 0 saturated heterocycles. The quantitative estimate of drug-likeness (QED) is 0.670. The number of hydrogen-bond donors (Lipinski definition) is 1. The summed E-state index contributed by atoms with van der Waals surface area (Å²) in [6.45, 7) is 0.625. The SMILES string of the molecule is NCc1cc(Br)ccc1OCc1cccc([N+](=O)[O-])c1. The lowest BCUT2D eigenvalue weighted by Gasteiger charge is -2.10. The molecular formula is C14H13BrN2O3. The van der Waals surface area contributed by atoms with Crippen molar-refractivity contribution in [3.63, 3.8) is 0 Å². The van der Waals surface area contributed by atoms with Gasteiger partial charge in [-0.2, -0.15) is 0 Å². The van der Waals surface area contributed by atoms with E-state index in [2.05, 4.69) is 15.9 Å². The summed E-state index contributed by atoms with van der Waals surface area (Å²) in [5.74, 6) is 0.683. The molecule has 0 heterocycles. The van der Waals surface area contributed by atoms with E-state index in [-0.39, 0.29) is 12.3 Å². The highest BCUT2D eigenvalue weighted by Crippen LogP contribution is 2.24. The van der Waals surface area contributed by atoms with Crippen LogP contribution in [-0.4, -0.2) is 4.92 Å². The minimum absolute atomic E-state index is 0.0564. The van der Waals surface area contributed by atoms with Gasteiger partial charge in [-0.25, -0.2) is 0 Å². The minimum Gasteiger partial charge on any atom is -0.489 e. The molecule has 0 aromatic heterocycles. The molecule has 0 unspecified atom stereocenters.